The van der Waals surface area contributed by atoms with E-state index in [1.807, 2.05) is 25.1 Å². The maximum Gasteiger partial charge on any atom is 0.206 e. The SMILES string of the molecule is COc1ccc(C2=CC(C)(c3nnc(NC4CC4)s3)ON2)cc1OC1CCCC1. The molecule has 1 aliphatic heterocycles. The van der Waals surface area contributed by atoms with Crippen LogP contribution >= 0.6 is 11.3 Å². The summed E-state index contributed by atoms with van der Waals surface area (Å²) in [7, 11) is 1.67. The van der Waals surface area contributed by atoms with Crippen LogP contribution in [-0.4, -0.2) is 29.5 Å². The molecule has 0 bridgehead atoms. The molecule has 2 aromatic rings. The van der Waals surface area contributed by atoms with Gasteiger partial charge in [-0.25, -0.2) is 0 Å². The van der Waals surface area contributed by atoms with E-state index in [4.69, 9.17) is 14.3 Å². The molecule has 1 unspecified atom stereocenters. The number of anilines is 1. The van der Waals surface area contributed by atoms with Crippen molar-refractivity contribution in [1.29, 1.82) is 0 Å². The Hall–Kier alpha value is -2.32. The van der Waals surface area contributed by atoms with E-state index in [1.54, 1.807) is 7.11 Å². The number of hydrogen-bond donors (Lipinski definition) is 2. The third-order valence-corrected chi connectivity index (χ3v) is 6.69. The lowest BCUT2D eigenvalue weighted by Crippen LogP contribution is -2.22. The van der Waals surface area contributed by atoms with Gasteiger partial charge in [0.15, 0.2) is 22.1 Å². The van der Waals surface area contributed by atoms with Crippen molar-refractivity contribution in [3.05, 3.63) is 34.8 Å². The summed E-state index contributed by atoms with van der Waals surface area (Å²) in [6.07, 6.45) is 9.39. The first-order chi connectivity index (χ1) is 14.1. The zero-order chi connectivity index (χ0) is 19.8. The highest BCUT2D eigenvalue weighted by Gasteiger charge is 2.37. The molecule has 2 fully saturated rings. The van der Waals surface area contributed by atoms with Crippen molar-refractivity contribution in [1.82, 2.24) is 15.7 Å². The van der Waals surface area contributed by atoms with E-state index in [-0.39, 0.29) is 6.10 Å². The standard InChI is InChI=1S/C21H26N4O3S/c1-21(19-23-24-20(29-19)22-14-8-9-14)12-16(25-28-21)13-7-10-17(26-2)18(11-13)27-15-5-3-4-6-15/h7,10-12,14-15,25H,3-6,8-9H2,1-2H3,(H,22,24). The fourth-order valence-corrected chi connectivity index (χ4v) is 4.62. The molecule has 154 valence electrons. The zero-order valence-corrected chi connectivity index (χ0v) is 17.6. The van der Waals surface area contributed by atoms with Crippen molar-refractivity contribution < 1.29 is 14.3 Å². The van der Waals surface area contributed by atoms with Gasteiger partial charge in [0.05, 0.1) is 18.9 Å². The number of nitrogens with one attached hydrogen (secondary N) is 2. The highest BCUT2D eigenvalue weighted by molar-refractivity contribution is 7.15. The molecule has 0 spiro atoms. The number of hydrogen-bond acceptors (Lipinski definition) is 8. The molecule has 3 aliphatic rings. The summed E-state index contributed by atoms with van der Waals surface area (Å²) < 4.78 is 11.7. The van der Waals surface area contributed by atoms with Crippen LogP contribution in [0.25, 0.3) is 5.70 Å². The number of nitrogens with zero attached hydrogens (tertiary/aromatic N) is 2. The van der Waals surface area contributed by atoms with Gasteiger partial charge in [-0.15, -0.1) is 10.2 Å². The Morgan fingerprint density at radius 2 is 2.00 bits per heavy atom. The van der Waals surface area contributed by atoms with E-state index in [0.29, 0.717) is 6.04 Å². The highest BCUT2D eigenvalue weighted by atomic mass is 32.1. The molecule has 5 rings (SSSR count). The van der Waals surface area contributed by atoms with Crippen LogP contribution in [-0.2, 0) is 10.4 Å². The molecule has 7 nitrogen and oxygen atoms in total. The number of methoxy groups -OCH3 is 1. The summed E-state index contributed by atoms with van der Waals surface area (Å²) in [6, 6.07) is 6.52. The number of aromatic nitrogens is 2. The molecule has 1 aromatic heterocycles. The number of benzene rings is 1. The highest BCUT2D eigenvalue weighted by Crippen LogP contribution is 2.40. The van der Waals surface area contributed by atoms with Crippen molar-refractivity contribution in [3.63, 3.8) is 0 Å². The summed E-state index contributed by atoms with van der Waals surface area (Å²) in [6.45, 7) is 1.99. The molecule has 29 heavy (non-hydrogen) atoms. The Morgan fingerprint density at radius 3 is 2.76 bits per heavy atom. The summed E-state index contributed by atoms with van der Waals surface area (Å²) in [5.41, 5.74) is 4.28. The average molecular weight is 415 g/mol. The van der Waals surface area contributed by atoms with Gasteiger partial charge in [0, 0.05) is 11.6 Å². The fraction of sp³-hybridized carbons (Fsp3) is 0.524. The van der Waals surface area contributed by atoms with Gasteiger partial charge in [-0.2, -0.15) is 0 Å². The number of hydroxylamine groups is 1. The second kappa shape index (κ2) is 7.50. The van der Waals surface area contributed by atoms with Crippen LogP contribution in [0.5, 0.6) is 11.5 Å². The maximum atomic E-state index is 6.23. The first kappa shape index (κ1) is 18.7. The third-order valence-electron chi connectivity index (χ3n) is 5.62. The summed E-state index contributed by atoms with van der Waals surface area (Å²) in [4.78, 5) is 5.92. The van der Waals surface area contributed by atoms with Crippen LogP contribution in [0.4, 0.5) is 5.13 Å². The number of ether oxygens (including phenoxy) is 2. The van der Waals surface area contributed by atoms with Crippen LogP contribution in [0.1, 0.15) is 56.0 Å². The van der Waals surface area contributed by atoms with Crippen molar-refractivity contribution in [2.24, 2.45) is 0 Å². The van der Waals surface area contributed by atoms with Gasteiger partial charge in [-0.05, 0) is 69.7 Å². The molecule has 2 N–H and O–H groups in total. The normalized spacial score (nSPS) is 24.3. The summed E-state index contributed by atoms with van der Waals surface area (Å²) in [5.74, 6) is 1.53. The molecular weight excluding hydrogens is 388 g/mol. The smallest absolute Gasteiger partial charge is 0.206 e. The van der Waals surface area contributed by atoms with E-state index >= 15 is 0 Å². The van der Waals surface area contributed by atoms with E-state index in [1.165, 1.54) is 37.0 Å². The lowest BCUT2D eigenvalue weighted by atomic mass is 10.0. The van der Waals surface area contributed by atoms with E-state index in [9.17, 15) is 0 Å². The molecular formula is C21H26N4O3S. The van der Waals surface area contributed by atoms with Crippen molar-refractivity contribution in [3.8, 4) is 11.5 Å². The molecule has 2 aliphatic carbocycles. The maximum absolute atomic E-state index is 6.23. The molecule has 0 amide bonds. The Balaban J connectivity index is 1.37. The molecule has 2 heterocycles. The Labute approximate surface area is 174 Å². The van der Waals surface area contributed by atoms with Gasteiger partial charge in [-0.1, -0.05) is 11.3 Å². The Morgan fingerprint density at radius 1 is 1.17 bits per heavy atom. The Bertz CT molecular complexity index is 920. The van der Waals surface area contributed by atoms with Crippen LogP contribution in [0.3, 0.4) is 0 Å². The minimum absolute atomic E-state index is 0.268. The molecule has 0 radical (unpaired) electrons. The van der Waals surface area contributed by atoms with Gasteiger partial charge in [0.2, 0.25) is 5.13 Å². The lowest BCUT2D eigenvalue weighted by molar-refractivity contribution is -0.0255. The number of rotatable bonds is 7. The van der Waals surface area contributed by atoms with Crippen LogP contribution in [0.2, 0.25) is 0 Å². The zero-order valence-electron chi connectivity index (χ0n) is 16.7. The summed E-state index contributed by atoms with van der Waals surface area (Å²) >= 11 is 1.54. The van der Waals surface area contributed by atoms with E-state index in [0.717, 1.165) is 45.7 Å². The minimum Gasteiger partial charge on any atom is -0.493 e. The monoisotopic (exact) mass is 414 g/mol. The van der Waals surface area contributed by atoms with Crippen LogP contribution in [0, 0.1) is 0 Å². The van der Waals surface area contributed by atoms with Gasteiger partial charge in [0.1, 0.15) is 0 Å². The molecule has 0 saturated heterocycles. The first-order valence-electron chi connectivity index (χ1n) is 10.3. The largest absolute Gasteiger partial charge is 0.493 e. The molecule has 8 heteroatoms. The van der Waals surface area contributed by atoms with Crippen molar-refractivity contribution in [2.45, 2.75) is 63.2 Å². The van der Waals surface area contributed by atoms with Gasteiger partial charge < -0.3 is 14.8 Å². The van der Waals surface area contributed by atoms with Gasteiger partial charge in [0.25, 0.3) is 0 Å². The second-order valence-electron chi connectivity index (χ2n) is 8.09. The van der Waals surface area contributed by atoms with Crippen LogP contribution in [0.15, 0.2) is 24.3 Å². The van der Waals surface area contributed by atoms with Crippen molar-refractivity contribution in [2.75, 3.05) is 12.4 Å². The first-order valence-corrected chi connectivity index (χ1v) is 11.1. The molecule has 1 aromatic carbocycles. The fourth-order valence-electron chi connectivity index (χ4n) is 3.75. The topological polar surface area (TPSA) is 77.5 Å². The summed E-state index contributed by atoms with van der Waals surface area (Å²) in [5, 5.41) is 13.7. The third kappa shape index (κ3) is 3.91. The van der Waals surface area contributed by atoms with Crippen molar-refractivity contribution >= 4 is 22.2 Å². The van der Waals surface area contributed by atoms with E-state index < -0.39 is 5.60 Å². The predicted octanol–water partition coefficient (Wildman–Crippen LogP) is 4.23. The second-order valence-corrected chi connectivity index (χ2v) is 9.07. The van der Waals surface area contributed by atoms with E-state index in [2.05, 4.69) is 27.1 Å². The van der Waals surface area contributed by atoms with Gasteiger partial charge >= 0.3 is 0 Å². The molecule has 1 atom stereocenters. The average Bonchev–Trinajstić information content (AvgIpc) is 3.12. The predicted molar refractivity (Wildman–Crippen MR) is 112 cm³/mol. The van der Waals surface area contributed by atoms with Gasteiger partial charge in [-0.3, -0.25) is 10.3 Å². The van der Waals surface area contributed by atoms with Crippen LogP contribution < -0.4 is 20.3 Å². The quantitative estimate of drug-likeness (QED) is 0.702. The molecule has 2 saturated carbocycles. The lowest BCUT2D eigenvalue weighted by Gasteiger charge is -2.17. The minimum atomic E-state index is -0.664. The Kier molecular flexibility index (Phi) is 4.83.